The first-order valence-electron chi connectivity index (χ1n) is 8.80. The quantitative estimate of drug-likeness (QED) is 0.759. The molecule has 2 aromatic carbocycles. The fourth-order valence-electron chi connectivity index (χ4n) is 3.15. The summed E-state index contributed by atoms with van der Waals surface area (Å²) in [5, 5.41) is 3.01. The van der Waals surface area contributed by atoms with Gasteiger partial charge in [0.15, 0.2) is 0 Å². The molecule has 0 saturated carbocycles. The average Bonchev–Trinajstić information content (AvgIpc) is 3.17. The summed E-state index contributed by atoms with van der Waals surface area (Å²) in [7, 11) is -3.87. The zero-order chi connectivity index (χ0) is 21.2. The summed E-state index contributed by atoms with van der Waals surface area (Å²) >= 11 is 5.80. The van der Waals surface area contributed by atoms with Gasteiger partial charge in [-0.05, 0) is 54.8 Å². The van der Waals surface area contributed by atoms with Gasteiger partial charge in [-0.15, -0.1) is 0 Å². The number of sulfonamides is 1. The van der Waals surface area contributed by atoms with Crippen LogP contribution in [-0.4, -0.2) is 31.2 Å². The molecule has 1 unspecified atom stereocenters. The maximum atomic E-state index is 12.9. The van der Waals surface area contributed by atoms with Gasteiger partial charge in [-0.25, -0.2) is 8.42 Å². The summed E-state index contributed by atoms with van der Waals surface area (Å²) in [6.07, 6.45) is -3.53. The number of rotatable bonds is 5. The molecule has 1 aliphatic heterocycles. The molecule has 0 bridgehead atoms. The molecule has 2 aromatic rings. The molecule has 0 spiro atoms. The molecule has 1 N–H and O–H groups in total. The van der Waals surface area contributed by atoms with Crippen LogP contribution in [0.4, 0.5) is 13.2 Å². The number of benzene rings is 2. The van der Waals surface area contributed by atoms with Crippen molar-refractivity contribution in [2.45, 2.75) is 36.5 Å². The lowest BCUT2D eigenvalue weighted by atomic mass is 10.1. The Hall–Kier alpha value is -2.10. The van der Waals surface area contributed by atoms with Crippen LogP contribution in [-0.2, 0) is 27.5 Å². The minimum Gasteiger partial charge on any atom is -0.351 e. The Kier molecular flexibility index (Phi) is 6.21. The Balaban J connectivity index is 1.68. The van der Waals surface area contributed by atoms with E-state index < -0.39 is 33.7 Å². The molecule has 3 rings (SSSR count). The standard InChI is InChI=1S/C19H18ClF3N2O3S/c20-15-7-9-16(10-8-15)29(27,28)25-11-1-2-17(25)18(26)24-12-13-3-5-14(6-4-13)19(21,22)23/h3-10,17H,1-2,11-12H2,(H,24,26). The molecule has 1 saturated heterocycles. The van der Waals surface area contributed by atoms with Crippen LogP contribution in [0, 0.1) is 0 Å². The molecule has 10 heteroatoms. The number of carbonyl (C=O) groups is 1. The van der Waals surface area contributed by atoms with E-state index in [1.54, 1.807) is 0 Å². The van der Waals surface area contributed by atoms with Gasteiger partial charge >= 0.3 is 6.18 Å². The van der Waals surface area contributed by atoms with Gasteiger partial charge in [0.2, 0.25) is 15.9 Å². The van der Waals surface area contributed by atoms with Gasteiger partial charge in [-0.3, -0.25) is 4.79 Å². The van der Waals surface area contributed by atoms with Crippen LogP contribution < -0.4 is 5.32 Å². The van der Waals surface area contributed by atoms with E-state index in [1.807, 2.05) is 0 Å². The zero-order valence-electron chi connectivity index (χ0n) is 15.1. The number of nitrogens with zero attached hydrogens (tertiary/aromatic N) is 1. The predicted octanol–water partition coefficient (Wildman–Crippen LogP) is 3.83. The number of hydrogen-bond donors (Lipinski definition) is 1. The second kappa shape index (κ2) is 8.33. The molecular formula is C19H18ClF3N2O3S. The minimum absolute atomic E-state index is 0.00228. The van der Waals surface area contributed by atoms with E-state index in [0.29, 0.717) is 23.4 Å². The fraction of sp³-hybridized carbons (Fsp3) is 0.316. The number of carbonyl (C=O) groups excluding carboxylic acids is 1. The molecule has 156 valence electrons. The average molecular weight is 447 g/mol. The largest absolute Gasteiger partial charge is 0.416 e. The number of nitrogens with one attached hydrogen (secondary N) is 1. The normalized spacial score (nSPS) is 18.0. The second-order valence-corrected chi connectivity index (χ2v) is 8.97. The van der Waals surface area contributed by atoms with E-state index in [2.05, 4.69) is 5.32 Å². The van der Waals surface area contributed by atoms with Gasteiger partial charge in [0, 0.05) is 18.1 Å². The van der Waals surface area contributed by atoms with Crippen molar-refractivity contribution in [2.75, 3.05) is 6.54 Å². The van der Waals surface area contributed by atoms with Crippen LogP contribution in [0.1, 0.15) is 24.0 Å². The molecule has 5 nitrogen and oxygen atoms in total. The van der Waals surface area contributed by atoms with E-state index in [9.17, 15) is 26.4 Å². The topological polar surface area (TPSA) is 66.5 Å². The number of alkyl halides is 3. The van der Waals surface area contributed by atoms with E-state index in [1.165, 1.54) is 36.4 Å². The van der Waals surface area contributed by atoms with Crippen molar-refractivity contribution in [3.8, 4) is 0 Å². The van der Waals surface area contributed by atoms with Crippen molar-refractivity contribution in [1.29, 1.82) is 0 Å². The van der Waals surface area contributed by atoms with Crippen molar-refractivity contribution < 1.29 is 26.4 Å². The van der Waals surface area contributed by atoms with Crippen molar-refractivity contribution in [3.05, 3.63) is 64.7 Å². The highest BCUT2D eigenvalue weighted by atomic mass is 35.5. The molecule has 1 amide bonds. The van der Waals surface area contributed by atoms with Gasteiger partial charge < -0.3 is 5.32 Å². The lowest BCUT2D eigenvalue weighted by Gasteiger charge is -2.23. The minimum atomic E-state index is -4.43. The number of halogens is 4. The number of hydrogen-bond acceptors (Lipinski definition) is 3. The van der Waals surface area contributed by atoms with Gasteiger partial charge in [-0.1, -0.05) is 23.7 Å². The summed E-state index contributed by atoms with van der Waals surface area (Å²) in [6.45, 7) is 0.214. The van der Waals surface area contributed by atoms with Crippen LogP contribution in [0.5, 0.6) is 0 Å². The maximum Gasteiger partial charge on any atom is 0.416 e. The van der Waals surface area contributed by atoms with E-state index in [-0.39, 0.29) is 18.0 Å². The summed E-state index contributed by atoms with van der Waals surface area (Å²) in [5.41, 5.74) is -0.292. The van der Waals surface area contributed by atoms with Crippen molar-refractivity contribution >= 4 is 27.5 Å². The van der Waals surface area contributed by atoms with Gasteiger partial charge in [0.1, 0.15) is 6.04 Å². The molecule has 1 heterocycles. The Morgan fingerprint density at radius 2 is 1.72 bits per heavy atom. The van der Waals surface area contributed by atoms with Crippen molar-refractivity contribution in [2.24, 2.45) is 0 Å². The first-order chi connectivity index (χ1) is 13.6. The smallest absolute Gasteiger partial charge is 0.351 e. The molecule has 29 heavy (non-hydrogen) atoms. The van der Waals surface area contributed by atoms with Gasteiger partial charge in [0.05, 0.1) is 10.5 Å². The lowest BCUT2D eigenvalue weighted by Crippen LogP contribution is -2.45. The Labute approximate surface area is 171 Å². The molecule has 0 aromatic heterocycles. The predicted molar refractivity (Wildman–Crippen MR) is 102 cm³/mol. The summed E-state index contributed by atoms with van der Waals surface area (Å²) < 4.78 is 64.7. The third-order valence-electron chi connectivity index (χ3n) is 4.67. The van der Waals surface area contributed by atoms with Crippen molar-refractivity contribution in [1.82, 2.24) is 9.62 Å². The summed E-state index contributed by atoms with van der Waals surface area (Å²) in [6, 6.07) is 9.25. The van der Waals surface area contributed by atoms with Gasteiger partial charge in [-0.2, -0.15) is 17.5 Å². The Morgan fingerprint density at radius 3 is 2.31 bits per heavy atom. The molecule has 1 aliphatic rings. The van der Waals surface area contributed by atoms with Crippen LogP contribution in [0.2, 0.25) is 5.02 Å². The highest BCUT2D eigenvalue weighted by Gasteiger charge is 2.39. The fourth-order valence-corrected chi connectivity index (χ4v) is 4.93. The third kappa shape index (κ3) is 4.91. The summed E-state index contributed by atoms with van der Waals surface area (Å²) in [5.74, 6) is -0.486. The van der Waals surface area contributed by atoms with Crippen LogP contribution in [0.25, 0.3) is 0 Å². The van der Waals surface area contributed by atoms with E-state index in [4.69, 9.17) is 11.6 Å². The molecule has 1 fully saturated rings. The second-order valence-electron chi connectivity index (χ2n) is 6.64. The first-order valence-corrected chi connectivity index (χ1v) is 10.6. The summed E-state index contributed by atoms with van der Waals surface area (Å²) in [4.78, 5) is 12.6. The highest BCUT2D eigenvalue weighted by Crippen LogP contribution is 2.29. The molecule has 0 aliphatic carbocycles. The van der Waals surface area contributed by atoms with Crippen LogP contribution in [0.15, 0.2) is 53.4 Å². The monoisotopic (exact) mass is 446 g/mol. The number of amides is 1. The third-order valence-corrected chi connectivity index (χ3v) is 6.85. The van der Waals surface area contributed by atoms with Gasteiger partial charge in [0.25, 0.3) is 0 Å². The van der Waals surface area contributed by atoms with Crippen LogP contribution >= 0.6 is 11.6 Å². The zero-order valence-corrected chi connectivity index (χ0v) is 16.7. The highest BCUT2D eigenvalue weighted by molar-refractivity contribution is 7.89. The Morgan fingerprint density at radius 1 is 1.10 bits per heavy atom. The molecule has 0 radical (unpaired) electrons. The molecule has 1 atom stereocenters. The first kappa shape index (κ1) is 21.6. The van der Waals surface area contributed by atoms with Crippen molar-refractivity contribution in [3.63, 3.8) is 0 Å². The van der Waals surface area contributed by atoms with E-state index >= 15 is 0 Å². The SMILES string of the molecule is O=C(NCc1ccc(C(F)(F)F)cc1)C1CCCN1S(=O)(=O)c1ccc(Cl)cc1. The lowest BCUT2D eigenvalue weighted by molar-refractivity contribution is -0.137. The van der Waals surface area contributed by atoms with Crippen LogP contribution in [0.3, 0.4) is 0 Å². The Bertz CT molecular complexity index is 977. The van der Waals surface area contributed by atoms with E-state index in [0.717, 1.165) is 16.4 Å². The maximum absolute atomic E-state index is 12.9. The molecular weight excluding hydrogens is 429 g/mol.